The normalized spacial score (nSPS) is 15.3. The minimum absolute atomic E-state index is 0.500. The highest BCUT2D eigenvalue weighted by atomic mass is 19.4. The highest BCUT2D eigenvalue weighted by Gasteiger charge is 2.64. The van der Waals surface area contributed by atoms with E-state index in [1.807, 2.05) is 0 Å². The summed E-state index contributed by atoms with van der Waals surface area (Å²) in [5.74, 6) is -3.85. The molecule has 0 bridgehead atoms. The Hall–Kier alpha value is -2.55. The van der Waals surface area contributed by atoms with Crippen LogP contribution in [0.4, 0.5) is 18.9 Å². The maximum Gasteiger partial charge on any atom is 0.425 e. The van der Waals surface area contributed by atoms with E-state index in [0.29, 0.717) is 5.69 Å². The summed E-state index contributed by atoms with van der Waals surface area (Å²) in [6, 6.07) is 8.36. The Morgan fingerprint density at radius 2 is 2.00 bits per heavy atom. The summed E-state index contributed by atoms with van der Waals surface area (Å²) < 4.78 is 46.9. The van der Waals surface area contributed by atoms with Crippen LogP contribution in [0.5, 0.6) is 0 Å². The molecule has 0 spiro atoms. The molecule has 0 aliphatic carbocycles. The molecular weight excluding hydrogens is 339 g/mol. The van der Waals surface area contributed by atoms with Crippen LogP contribution in [0.3, 0.4) is 0 Å². The molecule has 2 aromatic rings. The second-order valence-electron chi connectivity index (χ2n) is 5.45. The predicted molar refractivity (Wildman–Crippen MR) is 83.6 cm³/mol. The zero-order chi connectivity index (χ0) is 18.7. The summed E-state index contributed by atoms with van der Waals surface area (Å²) in [6.45, 7) is -0.500. The van der Waals surface area contributed by atoms with E-state index >= 15 is 0 Å². The number of halogens is 3. The molecule has 6 nitrogen and oxygen atoms in total. The number of ether oxygens (including phenoxy) is 1. The van der Waals surface area contributed by atoms with Gasteiger partial charge in [-0.2, -0.15) is 13.2 Å². The molecule has 0 radical (unpaired) electrons. The maximum absolute atomic E-state index is 13.8. The van der Waals surface area contributed by atoms with Crippen LogP contribution in [-0.2, 0) is 22.2 Å². The first-order valence-electron chi connectivity index (χ1n) is 7.35. The second-order valence-corrected chi connectivity index (χ2v) is 5.45. The standard InChI is InChI=1S/C16H18F3N3O3/c1-22-9-8-20-14(22)15(24,16(17,18)19)12(13(23)25-2)10-21-11-6-4-3-5-7-11/h3-9,12,21,24H,10H2,1-2H3/t12-,15-/m0/s1. The summed E-state index contributed by atoms with van der Waals surface area (Å²) >= 11 is 0. The molecule has 1 aromatic heterocycles. The molecule has 2 N–H and O–H groups in total. The van der Waals surface area contributed by atoms with E-state index in [-0.39, 0.29) is 0 Å². The first-order valence-corrected chi connectivity index (χ1v) is 7.35. The minimum atomic E-state index is -5.15. The molecule has 2 atom stereocenters. The quantitative estimate of drug-likeness (QED) is 0.774. The van der Waals surface area contributed by atoms with Crippen LogP contribution in [0, 0.1) is 5.92 Å². The number of aromatic nitrogens is 2. The Labute approximate surface area is 142 Å². The van der Waals surface area contributed by atoms with E-state index in [1.165, 1.54) is 13.2 Å². The van der Waals surface area contributed by atoms with Gasteiger partial charge in [0.05, 0.1) is 7.11 Å². The molecule has 1 aromatic carbocycles. The number of benzene rings is 1. The average Bonchev–Trinajstić information content (AvgIpc) is 3.00. The number of hydrogen-bond donors (Lipinski definition) is 2. The van der Waals surface area contributed by atoms with Crippen molar-refractivity contribution in [2.75, 3.05) is 19.0 Å². The highest BCUT2D eigenvalue weighted by molar-refractivity contribution is 5.75. The first kappa shape index (κ1) is 18.8. The van der Waals surface area contributed by atoms with Crippen molar-refractivity contribution in [2.24, 2.45) is 13.0 Å². The lowest BCUT2D eigenvalue weighted by molar-refractivity contribution is -0.288. The number of aryl methyl sites for hydroxylation is 1. The predicted octanol–water partition coefficient (Wildman–Crippen LogP) is 2.07. The van der Waals surface area contributed by atoms with Crippen LogP contribution in [-0.4, -0.2) is 40.5 Å². The third-order valence-corrected chi connectivity index (χ3v) is 3.87. The fraction of sp³-hybridized carbons (Fsp3) is 0.375. The van der Waals surface area contributed by atoms with Gasteiger partial charge in [-0.3, -0.25) is 4.79 Å². The smallest absolute Gasteiger partial charge is 0.425 e. The number of rotatable bonds is 6. The Morgan fingerprint density at radius 3 is 2.48 bits per heavy atom. The number of carbonyl (C=O) groups is 1. The van der Waals surface area contributed by atoms with Crippen LogP contribution < -0.4 is 5.32 Å². The number of alkyl halides is 3. The number of para-hydroxylation sites is 1. The van der Waals surface area contributed by atoms with Crippen LogP contribution in [0.25, 0.3) is 0 Å². The monoisotopic (exact) mass is 357 g/mol. The molecular formula is C16H18F3N3O3. The van der Waals surface area contributed by atoms with Crippen molar-refractivity contribution in [3.63, 3.8) is 0 Å². The summed E-state index contributed by atoms with van der Waals surface area (Å²) in [4.78, 5) is 15.7. The molecule has 0 aliphatic rings. The molecule has 0 fully saturated rings. The number of hydrogen-bond acceptors (Lipinski definition) is 5. The molecule has 0 unspecified atom stereocenters. The average molecular weight is 357 g/mol. The topological polar surface area (TPSA) is 76.4 Å². The Kier molecular flexibility index (Phi) is 5.36. The van der Waals surface area contributed by atoms with Crippen LogP contribution in [0.2, 0.25) is 0 Å². The van der Waals surface area contributed by atoms with Gasteiger partial charge < -0.3 is 19.7 Å². The van der Waals surface area contributed by atoms with Gasteiger partial charge in [0.15, 0.2) is 5.82 Å². The van der Waals surface area contributed by atoms with Crippen molar-refractivity contribution >= 4 is 11.7 Å². The Morgan fingerprint density at radius 1 is 1.36 bits per heavy atom. The number of aliphatic hydroxyl groups is 1. The third-order valence-electron chi connectivity index (χ3n) is 3.87. The van der Waals surface area contributed by atoms with E-state index in [1.54, 1.807) is 30.3 Å². The lowest BCUT2D eigenvalue weighted by Crippen LogP contribution is -2.55. The summed E-state index contributed by atoms with van der Waals surface area (Å²) in [5, 5.41) is 13.3. The van der Waals surface area contributed by atoms with Gasteiger partial charge in [0.25, 0.3) is 0 Å². The van der Waals surface area contributed by atoms with Crippen molar-refractivity contribution in [3.8, 4) is 0 Å². The number of imidazole rings is 1. The van der Waals surface area contributed by atoms with Crippen molar-refractivity contribution in [1.82, 2.24) is 9.55 Å². The number of nitrogens with zero attached hydrogens (tertiary/aromatic N) is 2. The molecule has 0 amide bonds. The maximum atomic E-state index is 13.8. The number of carbonyl (C=O) groups excluding carboxylic acids is 1. The van der Waals surface area contributed by atoms with Crippen LogP contribution in [0.15, 0.2) is 42.7 Å². The van der Waals surface area contributed by atoms with Crippen LogP contribution >= 0.6 is 0 Å². The molecule has 2 rings (SSSR count). The van der Waals surface area contributed by atoms with Gasteiger partial charge in [0, 0.05) is 31.7 Å². The van der Waals surface area contributed by atoms with Gasteiger partial charge in [-0.15, -0.1) is 0 Å². The number of methoxy groups -OCH3 is 1. The molecule has 136 valence electrons. The Balaban J connectivity index is 2.44. The molecule has 0 saturated heterocycles. The fourth-order valence-electron chi connectivity index (χ4n) is 2.53. The summed E-state index contributed by atoms with van der Waals surface area (Å²) in [5.41, 5.74) is -3.01. The summed E-state index contributed by atoms with van der Waals surface area (Å²) in [6.07, 6.45) is -2.78. The highest BCUT2D eigenvalue weighted by Crippen LogP contribution is 2.44. The van der Waals surface area contributed by atoms with E-state index in [4.69, 9.17) is 0 Å². The van der Waals surface area contributed by atoms with E-state index in [9.17, 15) is 23.1 Å². The summed E-state index contributed by atoms with van der Waals surface area (Å²) in [7, 11) is 2.27. The van der Waals surface area contributed by atoms with Gasteiger partial charge in [-0.1, -0.05) is 18.2 Å². The molecule has 9 heteroatoms. The SMILES string of the molecule is COC(=O)[C@H](CNc1ccccc1)[C@](O)(c1nccn1C)C(F)(F)F. The minimum Gasteiger partial charge on any atom is -0.469 e. The zero-order valence-corrected chi connectivity index (χ0v) is 13.6. The van der Waals surface area contributed by atoms with Crippen molar-refractivity contribution in [1.29, 1.82) is 0 Å². The van der Waals surface area contributed by atoms with Gasteiger partial charge >= 0.3 is 12.1 Å². The number of nitrogens with one attached hydrogen (secondary N) is 1. The third kappa shape index (κ3) is 3.60. The lowest BCUT2D eigenvalue weighted by atomic mass is 9.85. The van der Waals surface area contributed by atoms with E-state index in [2.05, 4.69) is 15.0 Å². The fourth-order valence-corrected chi connectivity index (χ4v) is 2.53. The largest absolute Gasteiger partial charge is 0.469 e. The Bertz CT molecular complexity index is 718. The van der Waals surface area contributed by atoms with Gasteiger partial charge in [0.1, 0.15) is 5.92 Å². The van der Waals surface area contributed by atoms with E-state index < -0.39 is 36.0 Å². The van der Waals surface area contributed by atoms with Crippen molar-refractivity contribution in [2.45, 2.75) is 11.8 Å². The number of esters is 1. The lowest BCUT2D eigenvalue weighted by Gasteiger charge is -2.35. The zero-order valence-electron chi connectivity index (χ0n) is 13.6. The van der Waals surface area contributed by atoms with Crippen molar-refractivity contribution in [3.05, 3.63) is 48.5 Å². The van der Waals surface area contributed by atoms with Gasteiger partial charge in [0.2, 0.25) is 5.60 Å². The van der Waals surface area contributed by atoms with Gasteiger partial charge in [-0.25, -0.2) is 4.98 Å². The van der Waals surface area contributed by atoms with Gasteiger partial charge in [-0.05, 0) is 12.1 Å². The second kappa shape index (κ2) is 7.14. The molecule has 25 heavy (non-hydrogen) atoms. The first-order chi connectivity index (χ1) is 11.7. The number of anilines is 1. The van der Waals surface area contributed by atoms with Crippen LogP contribution in [0.1, 0.15) is 5.82 Å². The molecule has 0 saturated carbocycles. The van der Waals surface area contributed by atoms with Crippen molar-refractivity contribution < 1.29 is 27.8 Å². The molecule has 0 aliphatic heterocycles. The van der Waals surface area contributed by atoms with E-state index in [0.717, 1.165) is 17.9 Å². The molecule has 1 heterocycles.